The van der Waals surface area contributed by atoms with Crippen LogP contribution in [0.3, 0.4) is 0 Å². The van der Waals surface area contributed by atoms with Crippen LogP contribution >= 0.6 is 0 Å². The lowest BCUT2D eigenvalue weighted by Crippen LogP contribution is -2.33. The Morgan fingerprint density at radius 1 is 0.864 bits per heavy atom. The number of aliphatic hydroxyl groups excluding tert-OH is 1. The molecule has 0 aliphatic heterocycles. The molecule has 0 aromatic heterocycles. The van der Waals surface area contributed by atoms with Crippen molar-refractivity contribution in [1.29, 1.82) is 0 Å². The summed E-state index contributed by atoms with van der Waals surface area (Å²) in [5.41, 5.74) is 3.61. The van der Waals surface area contributed by atoms with Crippen LogP contribution in [0.2, 0.25) is 0 Å². The highest BCUT2D eigenvalue weighted by Gasteiger charge is 2.20. The van der Waals surface area contributed by atoms with E-state index < -0.39 is 6.10 Å². The van der Waals surface area contributed by atoms with E-state index in [9.17, 15) is 5.11 Å². The van der Waals surface area contributed by atoms with Crippen molar-refractivity contribution in [2.45, 2.75) is 45.4 Å². The zero-order chi connectivity index (χ0) is 16.1. The second-order valence-corrected chi connectivity index (χ2v) is 6.41. The van der Waals surface area contributed by atoms with Crippen molar-refractivity contribution in [2.75, 3.05) is 7.05 Å². The molecule has 0 bridgehead atoms. The van der Waals surface area contributed by atoms with Crippen molar-refractivity contribution in [2.24, 2.45) is 0 Å². The predicted octanol–water partition coefficient (Wildman–Crippen LogP) is 4.36. The van der Waals surface area contributed by atoms with Gasteiger partial charge < -0.3 is 5.11 Å². The average Bonchev–Trinajstić information content (AvgIpc) is 2.54. The van der Waals surface area contributed by atoms with Crippen LogP contribution < -0.4 is 0 Å². The van der Waals surface area contributed by atoms with E-state index >= 15 is 0 Å². The molecule has 0 aliphatic rings. The Morgan fingerprint density at radius 2 is 1.45 bits per heavy atom. The van der Waals surface area contributed by atoms with E-state index in [1.807, 2.05) is 30.3 Å². The first-order valence-corrected chi connectivity index (χ1v) is 8.01. The number of hydrogen-bond donors (Lipinski definition) is 1. The number of hydrogen-bond acceptors (Lipinski definition) is 2. The summed E-state index contributed by atoms with van der Waals surface area (Å²) in [4.78, 5) is 2.20. The first-order chi connectivity index (χ1) is 10.5. The van der Waals surface area contributed by atoms with E-state index in [2.05, 4.69) is 57.0 Å². The predicted molar refractivity (Wildman–Crippen MR) is 92.9 cm³/mol. The molecule has 0 aliphatic carbocycles. The highest BCUT2D eigenvalue weighted by Crippen LogP contribution is 2.22. The third-order valence-electron chi connectivity index (χ3n) is 4.37. The lowest BCUT2D eigenvalue weighted by molar-refractivity contribution is 0.0688. The Bertz CT molecular complexity index is 562. The van der Waals surface area contributed by atoms with E-state index in [1.54, 1.807) is 0 Å². The summed E-state index contributed by atoms with van der Waals surface area (Å²) >= 11 is 0. The van der Waals surface area contributed by atoms with Gasteiger partial charge in [0.2, 0.25) is 0 Å². The molecule has 0 amide bonds. The molecule has 118 valence electrons. The minimum atomic E-state index is -0.471. The highest BCUT2D eigenvalue weighted by molar-refractivity contribution is 5.25. The Kier molecular flexibility index (Phi) is 5.76. The van der Waals surface area contributed by atoms with Gasteiger partial charge in [-0.1, -0.05) is 68.4 Å². The van der Waals surface area contributed by atoms with E-state index in [4.69, 9.17) is 0 Å². The molecule has 22 heavy (non-hydrogen) atoms. The van der Waals surface area contributed by atoms with Gasteiger partial charge in [0.15, 0.2) is 0 Å². The number of likely N-dealkylation sites (N-methyl/N-ethyl adjacent to an activating group) is 1. The van der Waals surface area contributed by atoms with Gasteiger partial charge >= 0.3 is 0 Å². The van der Waals surface area contributed by atoms with Crippen molar-refractivity contribution in [3.63, 3.8) is 0 Å². The fourth-order valence-corrected chi connectivity index (χ4v) is 2.61. The van der Waals surface area contributed by atoms with Crippen LogP contribution in [-0.4, -0.2) is 23.1 Å². The van der Waals surface area contributed by atoms with Crippen molar-refractivity contribution in [1.82, 2.24) is 4.90 Å². The summed E-state index contributed by atoms with van der Waals surface area (Å²) in [7, 11) is 2.06. The molecule has 2 aromatic carbocycles. The molecule has 2 heteroatoms. The maximum atomic E-state index is 10.5. The van der Waals surface area contributed by atoms with Crippen LogP contribution in [0.1, 0.15) is 49.5 Å². The summed E-state index contributed by atoms with van der Waals surface area (Å²) in [5.74, 6) is 0.561. The van der Waals surface area contributed by atoms with Crippen LogP contribution in [0.15, 0.2) is 54.6 Å². The summed E-state index contributed by atoms with van der Waals surface area (Å²) < 4.78 is 0. The van der Waals surface area contributed by atoms with Gasteiger partial charge in [0.1, 0.15) is 0 Å². The SMILES string of the molecule is CC(C)c1ccc(CN(C)C(C)C(O)c2ccccc2)cc1. The highest BCUT2D eigenvalue weighted by atomic mass is 16.3. The van der Waals surface area contributed by atoms with E-state index in [0.717, 1.165) is 12.1 Å². The molecule has 0 heterocycles. The smallest absolute Gasteiger partial charge is 0.0942 e. The molecule has 2 aromatic rings. The summed E-state index contributed by atoms with van der Waals surface area (Å²) in [6.07, 6.45) is -0.471. The first kappa shape index (κ1) is 16.7. The van der Waals surface area contributed by atoms with Crippen LogP contribution in [0.25, 0.3) is 0 Å². The lowest BCUT2D eigenvalue weighted by atomic mass is 10.0. The number of benzene rings is 2. The Hall–Kier alpha value is -1.64. The molecule has 0 saturated heterocycles. The lowest BCUT2D eigenvalue weighted by Gasteiger charge is -2.29. The Labute approximate surface area is 134 Å². The number of rotatable bonds is 6. The summed E-state index contributed by atoms with van der Waals surface area (Å²) in [6.45, 7) is 7.32. The molecule has 0 spiro atoms. The second kappa shape index (κ2) is 7.57. The van der Waals surface area contributed by atoms with Gasteiger partial charge in [0.25, 0.3) is 0 Å². The average molecular weight is 297 g/mol. The summed E-state index contributed by atoms with van der Waals surface area (Å²) in [5, 5.41) is 10.5. The quantitative estimate of drug-likeness (QED) is 0.856. The van der Waals surface area contributed by atoms with Gasteiger partial charge in [-0.05, 0) is 36.6 Å². The van der Waals surface area contributed by atoms with Gasteiger partial charge in [-0.2, -0.15) is 0 Å². The molecule has 2 nitrogen and oxygen atoms in total. The topological polar surface area (TPSA) is 23.5 Å². The molecule has 2 atom stereocenters. The molecular weight excluding hydrogens is 270 g/mol. The molecule has 0 fully saturated rings. The second-order valence-electron chi connectivity index (χ2n) is 6.41. The van der Waals surface area contributed by atoms with Crippen LogP contribution in [0.4, 0.5) is 0 Å². The number of nitrogens with zero attached hydrogens (tertiary/aromatic N) is 1. The Balaban J connectivity index is 2.00. The van der Waals surface area contributed by atoms with E-state index in [1.165, 1.54) is 11.1 Å². The first-order valence-electron chi connectivity index (χ1n) is 8.01. The van der Waals surface area contributed by atoms with Gasteiger partial charge in [0.05, 0.1) is 6.10 Å². The fraction of sp³-hybridized carbons (Fsp3) is 0.400. The normalized spacial score (nSPS) is 14.3. The van der Waals surface area contributed by atoms with Crippen LogP contribution in [0, 0.1) is 0 Å². The van der Waals surface area contributed by atoms with Crippen molar-refractivity contribution in [3.8, 4) is 0 Å². The monoisotopic (exact) mass is 297 g/mol. The van der Waals surface area contributed by atoms with Crippen molar-refractivity contribution in [3.05, 3.63) is 71.3 Å². The standard InChI is InChI=1S/C20H27NO/c1-15(2)18-12-10-17(11-13-18)14-21(4)16(3)20(22)19-8-6-5-7-9-19/h5-13,15-16,20,22H,14H2,1-4H3. The van der Waals surface area contributed by atoms with Crippen molar-refractivity contribution >= 4 is 0 Å². The maximum absolute atomic E-state index is 10.5. The van der Waals surface area contributed by atoms with Crippen LogP contribution in [-0.2, 0) is 6.54 Å². The maximum Gasteiger partial charge on any atom is 0.0942 e. The van der Waals surface area contributed by atoms with E-state index in [-0.39, 0.29) is 6.04 Å². The van der Waals surface area contributed by atoms with Crippen molar-refractivity contribution < 1.29 is 5.11 Å². The van der Waals surface area contributed by atoms with E-state index in [0.29, 0.717) is 5.92 Å². The third-order valence-corrected chi connectivity index (χ3v) is 4.37. The third kappa shape index (κ3) is 4.19. The Morgan fingerprint density at radius 3 is 2.00 bits per heavy atom. The minimum Gasteiger partial charge on any atom is -0.387 e. The summed E-state index contributed by atoms with van der Waals surface area (Å²) in [6, 6.07) is 18.7. The molecule has 1 N–H and O–H groups in total. The zero-order valence-corrected chi connectivity index (χ0v) is 14.0. The van der Waals surface area contributed by atoms with Gasteiger partial charge in [0, 0.05) is 12.6 Å². The largest absolute Gasteiger partial charge is 0.387 e. The van der Waals surface area contributed by atoms with Gasteiger partial charge in [-0.25, -0.2) is 0 Å². The zero-order valence-electron chi connectivity index (χ0n) is 14.0. The van der Waals surface area contributed by atoms with Crippen LogP contribution in [0.5, 0.6) is 0 Å². The molecule has 2 unspecified atom stereocenters. The van der Waals surface area contributed by atoms with Gasteiger partial charge in [-0.3, -0.25) is 4.90 Å². The molecule has 0 radical (unpaired) electrons. The molecular formula is C20H27NO. The molecule has 0 saturated carbocycles. The minimum absolute atomic E-state index is 0.0622. The molecule has 2 rings (SSSR count). The van der Waals surface area contributed by atoms with Gasteiger partial charge in [-0.15, -0.1) is 0 Å². The number of aliphatic hydroxyl groups is 1. The fourth-order valence-electron chi connectivity index (χ4n) is 2.61.